The number of ether oxygens (including phenoxy) is 8. The predicted octanol–water partition coefficient (Wildman–Crippen LogP) is -3.66. The van der Waals surface area contributed by atoms with Gasteiger partial charge in [0.1, 0.15) is 68.8 Å². The molecule has 5 unspecified atom stereocenters. The molecule has 9 N–H and O–H groups in total. The number of esters is 4. The van der Waals surface area contributed by atoms with E-state index in [-0.39, 0.29) is 130 Å². The molecule has 0 fully saturated rings. The fourth-order valence-corrected chi connectivity index (χ4v) is 3.61. The molecule has 60 heavy (non-hydrogen) atoms. The monoisotopic (exact) mass is 878 g/mol. The number of carboxylic acids is 3. The van der Waals surface area contributed by atoms with E-state index in [1.807, 2.05) is 0 Å². The van der Waals surface area contributed by atoms with E-state index in [0.717, 1.165) is 0 Å². The van der Waals surface area contributed by atoms with E-state index in [1.165, 1.54) is 6.92 Å². The van der Waals surface area contributed by atoms with Crippen LogP contribution in [0.1, 0.15) is 58.3 Å². The van der Waals surface area contributed by atoms with Crippen LogP contribution in [0.25, 0.3) is 0 Å². The third-order valence-electron chi connectivity index (χ3n) is 6.64. The van der Waals surface area contributed by atoms with Crippen LogP contribution >= 0.6 is 0 Å². The molecule has 0 radical (unpaired) electrons. The molecule has 0 aromatic heterocycles. The summed E-state index contributed by atoms with van der Waals surface area (Å²) in [6, 6.07) is 0. The highest BCUT2D eigenvalue weighted by Gasteiger charge is 2.17. The molecular weight excluding hydrogens is 820 g/mol. The van der Waals surface area contributed by atoms with Crippen LogP contribution in [0.15, 0.2) is 0 Å². The van der Waals surface area contributed by atoms with Gasteiger partial charge in [-0.3, -0.25) is 33.6 Å². The first-order valence-corrected chi connectivity index (χ1v) is 18.4. The Labute approximate surface area is 344 Å². The Hall–Kier alpha value is -4.44. The molecule has 0 aliphatic heterocycles. The number of ketones is 1. The molecule has 0 aliphatic rings. The molecule has 0 aliphatic carbocycles. The maximum absolute atomic E-state index is 11.3. The van der Waals surface area contributed by atoms with Gasteiger partial charge in [-0.15, -0.1) is 0 Å². The molecule has 0 saturated heterocycles. The van der Waals surface area contributed by atoms with Gasteiger partial charge in [0.05, 0.1) is 97.8 Å². The number of aliphatic hydroxyl groups is 6. The molecular formula is C35H58O25. The van der Waals surface area contributed by atoms with Gasteiger partial charge in [0.15, 0.2) is 0 Å². The normalized spacial score (nSPS) is 13.8. The molecule has 0 spiro atoms. The van der Waals surface area contributed by atoms with Gasteiger partial charge in [0.25, 0.3) is 0 Å². The summed E-state index contributed by atoms with van der Waals surface area (Å²) in [7, 11) is 0. The Bertz CT molecular complexity index is 1210. The minimum atomic E-state index is -1.16. The van der Waals surface area contributed by atoms with Crippen LogP contribution in [0.2, 0.25) is 0 Å². The molecule has 0 aromatic rings. The van der Waals surface area contributed by atoms with Crippen molar-refractivity contribution in [2.45, 2.75) is 94.9 Å². The summed E-state index contributed by atoms with van der Waals surface area (Å²) < 4.78 is 39.2. The predicted molar refractivity (Wildman–Crippen MR) is 194 cm³/mol. The van der Waals surface area contributed by atoms with Crippen LogP contribution in [0.4, 0.5) is 0 Å². The van der Waals surface area contributed by atoms with Crippen molar-refractivity contribution < 1.29 is 122 Å². The fraction of sp³-hybridized carbons (Fsp3) is 0.771. The van der Waals surface area contributed by atoms with E-state index in [1.54, 1.807) is 0 Å². The molecule has 25 nitrogen and oxygen atoms in total. The third kappa shape index (κ3) is 40.3. The Kier molecular flexibility index (Phi) is 35.0. The highest BCUT2D eigenvalue weighted by molar-refractivity contribution is 5.81. The lowest BCUT2D eigenvalue weighted by Gasteiger charge is -2.19. The second kappa shape index (κ2) is 36.4. The number of Topliss-reactive ketones (excluding diaryl/α,β-unsaturated/α-hetero) is 1. The summed E-state index contributed by atoms with van der Waals surface area (Å²) in [6.07, 6.45) is -8.60. The number of carbonyl (C=O) groups excluding carboxylic acids is 5. The standard InChI is InChI=1S/C18H30O12.C17H28O13/c1-12(20)2-4-17(25)30-10-14(22)8-28-15(6-19)11-27-7-13(21)9-29-18(26)5-3-16(23)24;18-11(5-27-7-12(19)9-29-16(25)3-1-14(21)22)6-28-8-13(20)10-30-17(26)4-2-15(23)24/h13-15,19,21-22H,2-11H2,1H3,(H,23,24);11-13,18-20H,1-10H2,(H,21,22)(H,23,24). The average molecular weight is 879 g/mol. The summed E-state index contributed by atoms with van der Waals surface area (Å²) in [6.45, 7) is -2.13. The minimum Gasteiger partial charge on any atom is -0.481 e. The molecule has 0 heterocycles. The van der Waals surface area contributed by atoms with E-state index >= 15 is 0 Å². The van der Waals surface area contributed by atoms with Gasteiger partial charge in [-0.05, 0) is 6.92 Å². The molecule has 0 saturated carbocycles. The molecule has 348 valence electrons. The van der Waals surface area contributed by atoms with E-state index in [4.69, 9.17) is 39.0 Å². The van der Waals surface area contributed by atoms with Crippen molar-refractivity contribution in [3.05, 3.63) is 0 Å². The minimum absolute atomic E-state index is 0.0583. The quantitative estimate of drug-likeness (QED) is 0.0216. The van der Waals surface area contributed by atoms with Crippen LogP contribution in [0, 0.1) is 0 Å². The van der Waals surface area contributed by atoms with Crippen molar-refractivity contribution in [2.75, 3.05) is 79.3 Å². The largest absolute Gasteiger partial charge is 0.481 e. The Morgan fingerprint density at radius 2 is 0.650 bits per heavy atom. The van der Waals surface area contributed by atoms with Gasteiger partial charge >= 0.3 is 41.8 Å². The van der Waals surface area contributed by atoms with Crippen LogP contribution in [-0.4, -0.2) is 209 Å². The van der Waals surface area contributed by atoms with Crippen molar-refractivity contribution in [1.82, 2.24) is 0 Å². The Balaban J connectivity index is 0. The number of rotatable bonds is 36. The summed E-state index contributed by atoms with van der Waals surface area (Å²) >= 11 is 0. The highest BCUT2D eigenvalue weighted by Crippen LogP contribution is 2.02. The number of carbonyl (C=O) groups is 8. The molecule has 5 atom stereocenters. The zero-order valence-corrected chi connectivity index (χ0v) is 33.2. The smallest absolute Gasteiger partial charge is 0.306 e. The van der Waals surface area contributed by atoms with Crippen molar-refractivity contribution in [2.24, 2.45) is 0 Å². The topological polar surface area (TPSA) is 392 Å². The second-order valence-corrected chi connectivity index (χ2v) is 12.6. The lowest BCUT2D eigenvalue weighted by atomic mass is 10.2. The van der Waals surface area contributed by atoms with Crippen molar-refractivity contribution in [3.63, 3.8) is 0 Å². The molecule has 0 bridgehead atoms. The van der Waals surface area contributed by atoms with E-state index in [0.29, 0.717) is 0 Å². The first-order chi connectivity index (χ1) is 28.2. The van der Waals surface area contributed by atoms with E-state index in [9.17, 15) is 69.0 Å². The van der Waals surface area contributed by atoms with Crippen LogP contribution in [0.3, 0.4) is 0 Å². The zero-order valence-electron chi connectivity index (χ0n) is 33.2. The SMILES string of the molecule is CC(=O)CCC(=O)OCC(O)COC(CO)COCC(O)COC(=O)CCC(=O)O.O=C(O)CCC(=O)OCC(O)COCC(O)COCC(O)COC(=O)CCC(=O)O. The van der Waals surface area contributed by atoms with Crippen LogP contribution < -0.4 is 0 Å². The highest BCUT2D eigenvalue weighted by atomic mass is 16.6. The third-order valence-corrected chi connectivity index (χ3v) is 6.64. The number of hydrogen-bond donors (Lipinski definition) is 9. The number of aliphatic hydroxyl groups excluding tert-OH is 6. The van der Waals surface area contributed by atoms with Gasteiger partial charge in [-0.2, -0.15) is 0 Å². The Morgan fingerprint density at radius 3 is 0.933 bits per heavy atom. The lowest BCUT2D eigenvalue weighted by Crippen LogP contribution is -2.32. The second-order valence-electron chi connectivity index (χ2n) is 12.6. The first kappa shape index (κ1) is 57.7. The zero-order chi connectivity index (χ0) is 45.9. The van der Waals surface area contributed by atoms with E-state index < -0.39 is 85.0 Å². The van der Waals surface area contributed by atoms with Crippen LogP contribution in [-0.2, 0) is 76.3 Å². The maximum atomic E-state index is 11.3. The van der Waals surface area contributed by atoms with Crippen molar-refractivity contribution in [3.8, 4) is 0 Å². The molecule has 25 heteroatoms. The summed E-state index contributed by atoms with van der Waals surface area (Å²) in [5, 5.41) is 82.7. The summed E-state index contributed by atoms with van der Waals surface area (Å²) in [4.78, 5) is 86.6. The Morgan fingerprint density at radius 1 is 0.383 bits per heavy atom. The molecule has 0 aromatic carbocycles. The van der Waals surface area contributed by atoms with Gasteiger partial charge in [0, 0.05) is 6.42 Å². The van der Waals surface area contributed by atoms with Crippen molar-refractivity contribution >= 4 is 47.6 Å². The number of carboxylic acid groups (broad SMARTS) is 3. The average Bonchev–Trinajstić information content (AvgIpc) is 3.18. The van der Waals surface area contributed by atoms with Crippen LogP contribution in [0.5, 0.6) is 0 Å². The number of hydrogen-bond acceptors (Lipinski definition) is 22. The van der Waals surface area contributed by atoms with Crippen molar-refractivity contribution in [1.29, 1.82) is 0 Å². The first-order valence-electron chi connectivity index (χ1n) is 18.4. The summed E-state index contributed by atoms with van der Waals surface area (Å²) in [5.74, 6) is -6.49. The molecule has 0 amide bonds. The van der Waals surface area contributed by atoms with Gasteiger partial charge in [0.2, 0.25) is 0 Å². The van der Waals surface area contributed by atoms with E-state index in [2.05, 4.69) is 14.2 Å². The lowest BCUT2D eigenvalue weighted by molar-refractivity contribution is -0.152. The summed E-state index contributed by atoms with van der Waals surface area (Å²) in [5.41, 5.74) is 0. The molecule has 0 rings (SSSR count). The van der Waals surface area contributed by atoms with Gasteiger partial charge in [-0.25, -0.2) is 0 Å². The number of aliphatic carboxylic acids is 3. The van der Waals surface area contributed by atoms with Gasteiger partial charge in [-0.1, -0.05) is 0 Å². The van der Waals surface area contributed by atoms with Gasteiger partial charge < -0.3 is 88.6 Å². The fourth-order valence-electron chi connectivity index (χ4n) is 3.61. The maximum Gasteiger partial charge on any atom is 0.306 e.